The summed E-state index contributed by atoms with van der Waals surface area (Å²) in [5, 5.41) is 5.94. The molecule has 2 aliphatic carbocycles. The first-order valence-corrected chi connectivity index (χ1v) is 6.96. The lowest BCUT2D eigenvalue weighted by atomic mass is 10.1. The van der Waals surface area contributed by atoms with E-state index in [0.717, 1.165) is 12.0 Å². The van der Waals surface area contributed by atoms with Crippen molar-refractivity contribution in [3.63, 3.8) is 0 Å². The summed E-state index contributed by atoms with van der Waals surface area (Å²) in [6.07, 6.45) is 3.34. The molecule has 2 aliphatic rings. The van der Waals surface area contributed by atoms with Crippen molar-refractivity contribution in [3.8, 4) is 0 Å². The van der Waals surface area contributed by atoms with E-state index in [1.165, 1.54) is 18.9 Å². The molecule has 4 heteroatoms. The molecule has 2 N–H and O–H groups in total. The van der Waals surface area contributed by atoms with E-state index >= 15 is 0 Å². The third kappa shape index (κ3) is 3.06. The van der Waals surface area contributed by atoms with Gasteiger partial charge in [0.25, 0.3) is 0 Å². The average Bonchev–Trinajstić information content (AvgIpc) is 3.23. The molecule has 19 heavy (non-hydrogen) atoms. The molecule has 3 unspecified atom stereocenters. The number of benzene rings is 1. The number of rotatable bonds is 4. The van der Waals surface area contributed by atoms with Crippen molar-refractivity contribution < 1.29 is 9.18 Å². The fourth-order valence-corrected chi connectivity index (χ4v) is 2.59. The Bertz CT molecular complexity index is 487. The number of urea groups is 1. The molecule has 1 aromatic rings. The van der Waals surface area contributed by atoms with Gasteiger partial charge in [-0.05, 0) is 49.8 Å². The van der Waals surface area contributed by atoms with Crippen LogP contribution in [-0.2, 0) is 0 Å². The van der Waals surface area contributed by atoms with E-state index in [4.69, 9.17) is 0 Å². The van der Waals surface area contributed by atoms with Crippen LogP contribution in [0.4, 0.5) is 9.18 Å². The molecular weight excluding hydrogens is 243 g/mol. The summed E-state index contributed by atoms with van der Waals surface area (Å²) in [6.45, 7) is 2.05. The number of carbonyl (C=O) groups excluding carboxylic acids is 1. The maximum atomic E-state index is 13.1. The monoisotopic (exact) mass is 262 g/mol. The number of hydrogen-bond donors (Lipinski definition) is 2. The van der Waals surface area contributed by atoms with Crippen molar-refractivity contribution in [1.29, 1.82) is 0 Å². The minimum Gasteiger partial charge on any atom is -0.335 e. The van der Waals surface area contributed by atoms with Crippen LogP contribution in [-0.4, -0.2) is 18.1 Å². The van der Waals surface area contributed by atoms with Crippen LogP contribution in [0.15, 0.2) is 24.3 Å². The Morgan fingerprint density at radius 2 is 2.21 bits per heavy atom. The molecule has 1 aromatic carbocycles. The third-order valence-electron chi connectivity index (χ3n) is 4.07. The van der Waals surface area contributed by atoms with Gasteiger partial charge in [-0.15, -0.1) is 0 Å². The lowest BCUT2D eigenvalue weighted by molar-refractivity contribution is 0.236. The number of nitrogens with one attached hydrogen (secondary N) is 2. The van der Waals surface area contributed by atoms with Gasteiger partial charge in [0.2, 0.25) is 0 Å². The molecule has 102 valence electrons. The zero-order valence-corrected chi connectivity index (χ0v) is 11.0. The molecule has 3 rings (SSSR count). The summed E-state index contributed by atoms with van der Waals surface area (Å²) in [5.41, 5.74) is 0.973. The van der Waals surface area contributed by atoms with Crippen molar-refractivity contribution in [2.75, 3.05) is 0 Å². The maximum Gasteiger partial charge on any atom is 0.315 e. The molecular formula is C15H19FN2O. The van der Waals surface area contributed by atoms with E-state index in [0.29, 0.717) is 5.92 Å². The van der Waals surface area contributed by atoms with Crippen molar-refractivity contribution in [3.05, 3.63) is 35.6 Å². The normalized spacial score (nSPS) is 26.6. The van der Waals surface area contributed by atoms with E-state index < -0.39 is 0 Å². The van der Waals surface area contributed by atoms with Gasteiger partial charge >= 0.3 is 6.03 Å². The van der Waals surface area contributed by atoms with Gasteiger partial charge in [-0.25, -0.2) is 9.18 Å². The highest BCUT2D eigenvalue weighted by Gasteiger charge is 2.40. The van der Waals surface area contributed by atoms with Crippen LogP contribution in [0.2, 0.25) is 0 Å². The second-order valence-corrected chi connectivity index (χ2v) is 5.75. The molecule has 2 amide bonds. The Morgan fingerprint density at radius 3 is 2.89 bits per heavy atom. The van der Waals surface area contributed by atoms with Gasteiger partial charge in [-0.3, -0.25) is 0 Å². The molecule has 0 bridgehead atoms. The van der Waals surface area contributed by atoms with E-state index in [2.05, 4.69) is 10.6 Å². The molecule has 0 spiro atoms. The number of hydrogen-bond acceptors (Lipinski definition) is 1. The topological polar surface area (TPSA) is 41.1 Å². The summed E-state index contributed by atoms with van der Waals surface area (Å²) in [7, 11) is 0. The minimum absolute atomic E-state index is 0.0942. The van der Waals surface area contributed by atoms with E-state index in [-0.39, 0.29) is 29.8 Å². The smallest absolute Gasteiger partial charge is 0.315 e. The van der Waals surface area contributed by atoms with Crippen LogP contribution >= 0.6 is 0 Å². The van der Waals surface area contributed by atoms with Gasteiger partial charge in [-0.2, -0.15) is 0 Å². The summed E-state index contributed by atoms with van der Waals surface area (Å²) in [4.78, 5) is 11.8. The van der Waals surface area contributed by atoms with Crippen molar-refractivity contribution in [1.82, 2.24) is 10.6 Å². The Hall–Kier alpha value is -1.58. The van der Waals surface area contributed by atoms with Gasteiger partial charge < -0.3 is 10.6 Å². The Morgan fingerprint density at radius 1 is 1.42 bits per heavy atom. The molecule has 3 nitrogen and oxygen atoms in total. The van der Waals surface area contributed by atoms with E-state index in [1.807, 2.05) is 13.0 Å². The van der Waals surface area contributed by atoms with Gasteiger partial charge in [0, 0.05) is 18.0 Å². The molecule has 0 aromatic heterocycles. The number of amides is 2. The van der Waals surface area contributed by atoms with Crippen molar-refractivity contribution >= 4 is 6.03 Å². The molecule has 2 fully saturated rings. The van der Waals surface area contributed by atoms with E-state index in [1.54, 1.807) is 12.1 Å². The molecule has 0 radical (unpaired) electrons. The van der Waals surface area contributed by atoms with Crippen LogP contribution in [0.5, 0.6) is 0 Å². The zero-order valence-electron chi connectivity index (χ0n) is 11.0. The minimum atomic E-state index is -0.213. The first-order valence-electron chi connectivity index (χ1n) is 6.96. The lowest BCUT2D eigenvalue weighted by Crippen LogP contribution is -2.42. The molecule has 0 saturated heterocycles. The van der Waals surface area contributed by atoms with Crippen LogP contribution in [0.25, 0.3) is 0 Å². The summed E-state index contributed by atoms with van der Waals surface area (Å²) >= 11 is 0. The highest BCUT2D eigenvalue weighted by molar-refractivity contribution is 5.75. The standard InChI is InChI=1S/C15H19FN2O/c1-9(10-5-6-10)17-15(19)18-14-8-13(14)11-3-2-4-12(16)7-11/h2-4,7,9-10,13-14H,5-6,8H2,1H3,(H2,17,18,19). The molecule has 0 heterocycles. The van der Waals surface area contributed by atoms with Crippen LogP contribution < -0.4 is 10.6 Å². The van der Waals surface area contributed by atoms with Gasteiger partial charge in [0.15, 0.2) is 0 Å². The first kappa shape index (κ1) is 12.5. The highest BCUT2D eigenvalue weighted by atomic mass is 19.1. The zero-order chi connectivity index (χ0) is 13.4. The Balaban J connectivity index is 1.48. The lowest BCUT2D eigenvalue weighted by Gasteiger charge is -2.13. The van der Waals surface area contributed by atoms with Crippen LogP contribution in [0.1, 0.15) is 37.7 Å². The van der Waals surface area contributed by atoms with Crippen molar-refractivity contribution in [2.24, 2.45) is 5.92 Å². The fourth-order valence-electron chi connectivity index (χ4n) is 2.59. The third-order valence-corrected chi connectivity index (χ3v) is 4.07. The number of halogens is 1. The molecule has 3 atom stereocenters. The van der Waals surface area contributed by atoms with Gasteiger partial charge in [0.1, 0.15) is 5.82 Å². The maximum absolute atomic E-state index is 13.1. The first-order chi connectivity index (χ1) is 9.13. The van der Waals surface area contributed by atoms with Crippen molar-refractivity contribution in [2.45, 2.75) is 44.2 Å². The Labute approximate surface area is 112 Å². The summed E-state index contributed by atoms with van der Waals surface area (Å²) in [6, 6.07) is 6.94. The number of carbonyl (C=O) groups is 1. The summed E-state index contributed by atoms with van der Waals surface area (Å²) < 4.78 is 13.1. The molecule has 2 saturated carbocycles. The predicted octanol–water partition coefficient (Wildman–Crippen LogP) is 2.78. The van der Waals surface area contributed by atoms with Gasteiger partial charge in [-0.1, -0.05) is 12.1 Å². The van der Waals surface area contributed by atoms with Gasteiger partial charge in [0.05, 0.1) is 0 Å². The highest BCUT2D eigenvalue weighted by Crippen LogP contribution is 2.40. The predicted molar refractivity (Wildman–Crippen MR) is 71.4 cm³/mol. The Kier molecular flexibility index (Phi) is 3.17. The SMILES string of the molecule is CC(NC(=O)NC1CC1c1cccc(F)c1)C1CC1. The quantitative estimate of drug-likeness (QED) is 0.860. The van der Waals surface area contributed by atoms with E-state index in [9.17, 15) is 9.18 Å². The second kappa shape index (κ2) is 4.83. The average molecular weight is 262 g/mol. The molecule has 0 aliphatic heterocycles. The van der Waals surface area contributed by atoms with Crippen LogP contribution in [0, 0.1) is 11.7 Å². The van der Waals surface area contributed by atoms with Crippen LogP contribution in [0.3, 0.4) is 0 Å². The summed E-state index contributed by atoms with van der Waals surface area (Å²) in [5.74, 6) is 0.705. The largest absolute Gasteiger partial charge is 0.335 e. The fraction of sp³-hybridized carbons (Fsp3) is 0.533. The second-order valence-electron chi connectivity index (χ2n) is 5.75.